The third-order valence-corrected chi connectivity index (χ3v) is 7.41. The van der Waals surface area contributed by atoms with Crippen molar-refractivity contribution >= 4 is 28.6 Å². The second-order valence-electron chi connectivity index (χ2n) is 8.35. The third kappa shape index (κ3) is 4.37. The molecule has 1 amide bonds. The third-order valence-electron chi connectivity index (χ3n) is 6.45. The van der Waals surface area contributed by atoms with Gasteiger partial charge in [0.2, 0.25) is 5.91 Å². The van der Waals surface area contributed by atoms with Gasteiger partial charge >= 0.3 is 0 Å². The van der Waals surface area contributed by atoms with Gasteiger partial charge in [0.25, 0.3) is 5.56 Å². The molecule has 6 heteroatoms. The molecule has 1 saturated heterocycles. The maximum atomic E-state index is 13.1. The average molecular weight is 414 g/mol. The molecule has 2 fully saturated rings. The maximum Gasteiger partial charge on any atom is 0.262 e. The van der Waals surface area contributed by atoms with Crippen LogP contribution < -0.4 is 5.56 Å². The van der Waals surface area contributed by atoms with Crippen LogP contribution in [-0.2, 0) is 11.3 Å². The first-order valence-electron chi connectivity index (χ1n) is 11.1. The molecule has 29 heavy (non-hydrogen) atoms. The van der Waals surface area contributed by atoms with Crippen LogP contribution in [0.2, 0.25) is 0 Å². The number of hydrogen-bond donors (Lipinski definition) is 0. The fourth-order valence-corrected chi connectivity index (χ4v) is 5.83. The fraction of sp³-hybridized carbons (Fsp3) is 0.609. The first-order chi connectivity index (χ1) is 14.2. The van der Waals surface area contributed by atoms with Crippen LogP contribution in [0.3, 0.4) is 0 Å². The summed E-state index contributed by atoms with van der Waals surface area (Å²) in [6.45, 7) is 3.65. The van der Waals surface area contributed by atoms with E-state index >= 15 is 0 Å². The van der Waals surface area contributed by atoms with Gasteiger partial charge in [-0.2, -0.15) is 0 Å². The van der Waals surface area contributed by atoms with Crippen LogP contribution in [0.15, 0.2) is 34.2 Å². The molecule has 0 spiro atoms. The Labute approximate surface area is 176 Å². The van der Waals surface area contributed by atoms with Gasteiger partial charge in [0.1, 0.15) is 0 Å². The van der Waals surface area contributed by atoms with E-state index in [1.165, 1.54) is 37.4 Å². The van der Waals surface area contributed by atoms with E-state index in [0.29, 0.717) is 40.3 Å². The molecule has 4 rings (SSSR count). The van der Waals surface area contributed by atoms with Crippen molar-refractivity contribution in [1.82, 2.24) is 14.5 Å². The summed E-state index contributed by atoms with van der Waals surface area (Å²) in [7, 11) is 0. The SMILES string of the molecule is CCCCn1c(SCC(=O)N2CCC[C@@H]3CCCC[C@H]32)nc2ccccc2c1=O. The minimum absolute atomic E-state index is 0.00400. The molecule has 1 aromatic heterocycles. The molecule has 2 aromatic rings. The van der Waals surface area contributed by atoms with Crippen molar-refractivity contribution < 1.29 is 4.79 Å². The predicted octanol–water partition coefficient (Wildman–Crippen LogP) is 4.47. The van der Waals surface area contributed by atoms with Crippen LogP contribution in [0.25, 0.3) is 10.9 Å². The van der Waals surface area contributed by atoms with Gasteiger partial charge in [-0.3, -0.25) is 14.2 Å². The lowest BCUT2D eigenvalue weighted by Gasteiger charge is -2.44. The Morgan fingerprint density at radius 1 is 1.17 bits per heavy atom. The number of hydrogen-bond acceptors (Lipinski definition) is 4. The van der Waals surface area contributed by atoms with Crippen LogP contribution in [0, 0.1) is 5.92 Å². The molecule has 156 valence electrons. The van der Waals surface area contributed by atoms with E-state index in [1.54, 1.807) is 4.57 Å². The molecular formula is C23H31N3O2S. The van der Waals surface area contributed by atoms with Gasteiger partial charge in [-0.25, -0.2) is 4.98 Å². The molecular weight excluding hydrogens is 382 g/mol. The first-order valence-corrected chi connectivity index (χ1v) is 12.1. The van der Waals surface area contributed by atoms with E-state index < -0.39 is 0 Å². The molecule has 5 nitrogen and oxygen atoms in total. The van der Waals surface area contributed by atoms with Crippen molar-refractivity contribution in [2.75, 3.05) is 12.3 Å². The average Bonchev–Trinajstić information content (AvgIpc) is 2.76. The molecule has 0 N–H and O–H groups in total. The number of fused-ring (bicyclic) bond motifs is 2. The number of carbonyl (C=O) groups excluding carboxylic acids is 1. The number of nitrogens with zero attached hydrogens (tertiary/aromatic N) is 3. The molecule has 1 aromatic carbocycles. The Hall–Kier alpha value is -1.82. The number of unbranched alkanes of at least 4 members (excludes halogenated alkanes) is 1. The van der Waals surface area contributed by atoms with E-state index in [4.69, 9.17) is 4.98 Å². The summed E-state index contributed by atoms with van der Waals surface area (Å²) >= 11 is 1.43. The van der Waals surface area contributed by atoms with Crippen LogP contribution in [-0.4, -0.2) is 38.7 Å². The summed E-state index contributed by atoms with van der Waals surface area (Å²) in [4.78, 5) is 33.0. The minimum Gasteiger partial charge on any atom is -0.339 e. The molecule has 2 heterocycles. The molecule has 1 saturated carbocycles. The summed E-state index contributed by atoms with van der Waals surface area (Å²) in [6, 6.07) is 7.93. The zero-order chi connectivity index (χ0) is 20.2. The normalized spacial score (nSPS) is 21.9. The Balaban J connectivity index is 1.54. The smallest absolute Gasteiger partial charge is 0.262 e. The zero-order valence-corrected chi connectivity index (χ0v) is 18.1. The summed E-state index contributed by atoms with van der Waals surface area (Å²) in [5.74, 6) is 1.25. The Morgan fingerprint density at radius 3 is 2.83 bits per heavy atom. The summed E-state index contributed by atoms with van der Waals surface area (Å²) in [5, 5.41) is 1.33. The van der Waals surface area contributed by atoms with Gasteiger partial charge in [0.15, 0.2) is 5.16 Å². The van der Waals surface area contributed by atoms with Crippen molar-refractivity contribution in [1.29, 1.82) is 0 Å². The Morgan fingerprint density at radius 2 is 1.97 bits per heavy atom. The molecule has 1 aliphatic heterocycles. The number of piperidine rings is 1. The summed E-state index contributed by atoms with van der Waals surface area (Å²) in [5.41, 5.74) is 0.717. The van der Waals surface area contributed by atoms with Gasteiger partial charge in [0, 0.05) is 19.1 Å². The van der Waals surface area contributed by atoms with E-state index in [-0.39, 0.29) is 11.5 Å². The van der Waals surface area contributed by atoms with Crippen molar-refractivity contribution in [2.45, 2.75) is 76.0 Å². The minimum atomic E-state index is 0.00400. The van der Waals surface area contributed by atoms with Crippen molar-refractivity contribution in [3.05, 3.63) is 34.6 Å². The number of amides is 1. The quantitative estimate of drug-likeness (QED) is 0.518. The highest BCUT2D eigenvalue weighted by Crippen LogP contribution is 2.35. The summed E-state index contributed by atoms with van der Waals surface area (Å²) in [6.07, 6.45) is 9.29. The number of benzene rings is 1. The van der Waals surface area contributed by atoms with E-state index in [2.05, 4.69) is 11.8 Å². The lowest BCUT2D eigenvalue weighted by molar-refractivity contribution is -0.134. The molecule has 1 aliphatic carbocycles. The van der Waals surface area contributed by atoms with E-state index in [0.717, 1.165) is 32.2 Å². The molecule has 0 unspecified atom stereocenters. The molecule has 0 radical (unpaired) electrons. The van der Waals surface area contributed by atoms with Crippen LogP contribution in [0.5, 0.6) is 0 Å². The molecule has 2 aliphatic rings. The lowest BCUT2D eigenvalue weighted by atomic mass is 9.78. The zero-order valence-electron chi connectivity index (χ0n) is 17.3. The van der Waals surface area contributed by atoms with Crippen LogP contribution in [0.4, 0.5) is 0 Å². The second kappa shape index (κ2) is 9.33. The number of likely N-dealkylation sites (tertiary alicyclic amines) is 1. The molecule has 0 bridgehead atoms. The van der Waals surface area contributed by atoms with Gasteiger partial charge in [-0.05, 0) is 50.2 Å². The van der Waals surface area contributed by atoms with Gasteiger partial charge in [-0.15, -0.1) is 0 Å². The van der Waals surface area contributed by atoms with Gasteiger partial charge in [0.05, 0.1) is 16.7 Å². The first kappa shape index (κ1) is 20.5. The predicted molar refractivity (Wildman–Crippen MR) is 118 cm³/mol. The lowest BCUT2D eigenvalue weighted by Crippen LogP contribution is -2.50. The number of rotatable bonds is 6. The largest absolute Gasteiger partial charge is 0.339 e. The van der Waals surface area contributed by atoms with Gasteiger partial charge < -0.3 is 4.90 Å². The number of carbonyl (C=O) groups is 1. The van der Waals surface area contributed by atoms with E-state index in [1.807, 2.05) is 24.3 Å². The second-order valence-corrected chi connectivity index (χ2v) is 9.29. The fourth-order valence-electron chi connectivity index (χ4n) is 4.91. The number of thioether (sulfide) groups is 1. The molecule has 2 atom stereocenters. The topological polar surface area (TPSA) is 55.2 Å². The maximum absolute atomic E-state index is 13.1. The highest BCUT2D eigenvalue weighted by Gasteiger charge is 2.35. The summed E-state index contributed by atoms with van der Waals surface area (Å²) < 4.78 is 1.77. The monoisotopic (exact) mass is 413 g/mol. The Kier molecular flexibility index (Phi) is 6.58. The highest BCUT2D eigenvalue weighted by molar-refractivity contribution is 7.99. The van der Waals surface area contributed by atoms with Crippen molar-refractivity contribution in [3.8, 4) is 0 Å². The van der Waals surface area contributed by atoms with Crippen molar-refractivity contribution in [2.24, 2.45) is 5.92 Å². The van der Waals surface area contributed by atoms with E-state index in [9.17, 15) is 9.59 Å². The van der Waals surface area contributed by atoms with Crippen LogP contribution in [0.1, 0.15) is 58.3 Å². The van der Waals surface area contributed by atoms with Crippen LogP contribution >= 0.6 is 11.8 Å². The number of aromatic nitrogens is 2. The van der Waals surface area contributed by atoms with Gasteiger partial charge in [-0.1, -0.05) is 50.1 Å². The Bertz CT molecular complexity index is 924. The number of para-hydroxylation sites is 1. The van der Waals surface area contributed by atoms with Crippen molar-refractivity contribution in [3.63, 3.8) is 0 Å². The highest BCUT2D eigenvalue weighted by atomic mass is 32.2. The standard InChI is InChI=1S/C23H31N3O2S/c1-2-3-14-26-22(28)18-11-5-6-12-19(18)24-23(26)29-16-21(27)25-15-8-10-17-9-4-7-13-20(17)25/h5-6,11-12,17,20H,2-4,7-10,13-16H2,1H3/t17-,20+/m0/s1.